The van der Waals surface area contributed by atoms with E-state index in [1.807, 2.05) is 0 Å². The maximum Gasteiger partial charge on any atom is 0.280 e. The quantitative estimate of drug-likeness (QED) is 0.334. The molecule has 0 radical (unpaired) electrons. The molecule has 0 aliphatic carbocycles. The summed E-state index contributed by atoms with van der Waals surface area (Å²) >= 11 is 7.22. The number of halogens is 3. The largest absolute Gasteiger partial charge is 0.494 e. The Balaban J connectivity index is 1.41. The number of aromatic nitrogens is 5. The van der Waals surface area contributed by atoms with Crippen molar-refractivity contribution < 1.29 is 18.3 Å². The third-order valence-electron chi connectivity index (χ3n) is 6.23. The number of thiazole rings is 1. The summed E-state index contributed by atoms with van der Waals surface area (Å²) in [6.07, 6.45) is 4.64. The summed E-state index contributed by atoms with van der Waals surface area (Å²) in [4.78, 5) is 36.7. The SMILES string of the molecule is CNC1CCN(c2cnc3nc(NC(=O)c4cnc(C)cc4-c4cc(Cl)ncc4OC)sc3n2)CC1(F)F. The molecule has 5 rings (SSSR count). The van der Waals surface area contributed by atoms with Gasteiger partial charge in [-0.2, -0.15) is 4.98 Å². The highest BCUT2D eigenvalue weighted by Gasteiger charge is 2.44. The first-order chi connectivity index (χ1) is 18.2. The number of anilines is 2. The van der Waals surface area contributed by atoms with E-state index in [0.717, 1.165) is 11.3 Å². The van der Waals surface area contributed by atoms with Crippen LogP contribution in [0.3, 0.4) is 0 Å². The van der Waals surface area contributed by atoms with E-state index >= 15 is 0 Å². The average Bonchev–Trinajstić information content (AvgIpc) is 3.29. The minimum absolute atomic E-state index is 0.244. The molecule has 4 aromatic heterocycles. The van der Waals surface area contributed by atoms with E-state index in [-0.39, 0.29) is 22.3 Å². The fraction of sp³-hybridized carbons (Fsp3) is 0.333. The van der Waals surface area contributed by atoms with Gasteiger partial charge in [-0.05, 0) is 32.5 Å². The maximum atomic E-state index is 14.4. The van der Waals surface area contributed by atoms with Crippen LogP contribution in [0.5, 0.6) is 5.75 Å². The zero-order valence-corrected chi connectivity index (χ0v) is 22.2. The first kappa shape index (κ1) is 26.1. The molecule has 0 aromatic carbocycles. The number of rotatable bonds is 6. The van der Waals surface area contributed by atoms with Crippen LogP contribution < -0.4 is 20.3 Å². The number of nitrogens with one attached hydrogen (secondary N) is 2. The van der Waals surface area contributed by atoms with Crippen LogP contribution in [0, 0.1) is 6.92 Å². The summed E-state index contributed by atoms with van der Waals surface area (Å²) in [7, 11) is 3.03. The lowest BCUT2D eigenvalue weighted by Gasteiger charge is -2.38. The summed E-state index contributed by atoms with van der Waals surface area (Å²) in [5, 5.41) is 5.95. The minimum Gasteiger partial charge on any atom is -0.494 e. The molecule has 1 unspecified atom stereocenters. The van der Waals surface area contributed by atoms with Crippen LogP contribution in [-0.4, -0.2) is 70.0 Å². The summed E-state index contributed by atoms with van der Waals surface area (Å²) in [6, 6.07) is 2.48. The number of aryl methyl sites for hydroxylation is 1. The number of amides is 1. The van der Waals surface area contributed by atoms with Gasteiger partial charge in [0.1, 0.15) is 16.7 Å². The molecule has 10 nitrogen and oxygen atoms in total. The van der Waals surface area contributed by atoms with Crippen molar-refractivity contribution in [2.75, 3.05) is 37.5 Å². The molecule has 4 aromatic rings. The molecule has 1 aliphatic heterocycles. The number of pyridine rings is 2. The molecule has 38 heavy (non-hydrogen) atoms. The molecule has 14 heteroatoms. The van der Waals surface area contributed by atoms with Crippen molar-refractivity contribution in [1.82, 2.24) is 30.2 Å². The highest BCUT2D eigenvalue weighted by molar-refractivity contribution is 7.21. The Labute approximate surface area is 225 Å². The first-order valence-electron chi connectivity index (χ1n) is 11.6. The normalized spacial score (nSPS) is 17.0. The second-order valence-electron chi connectivity index (χ2n) is 8.72. The van der Waals surface area contributed by atoms with Crippen LogP contribution in [0.25, 0.3) is 21.6 Å². The van der Waals surface area contributed by atoms with E-state index in [0.29, 0.717) is 45.4 Å². The van der Waals surface area contributed by atoms with E-state index in [9.17, 15) is 13.6 Å². The number of nitrogens with zero attached hydrogens (tertiary/aromatic N) is 6. The smallest absolute Gasteiger partial charge is 0.280 e. The van der Waals surface area contributed by atoms with Crippen molar-refractivity contribution in [1.29, 1.82) is 0 Å². The van der Waals surface area contributed by atoms with Gasteiger partial charge < -0.3 is 15.0 Å². The second-order valence-corrected chi connectivity index (χ2v) is 10.1. The van der Waals surface area contributed by atoms with Gasteiger partial charge in [0.2, 0.25) is 0 Å². The molecule has 0 saturated carbocycles. The van der Waals surface area contributed by atoms with E-state index in [2.05, 4.69) is 35.6 Å². The predicted molar refractivity (Wildman–Crippen MR) is 142 cm³/mol. The standard InChI is InChI=1S/C24H23ClF2N8O2S/c1-12-6-13(14-7-18(25)30-9-16(14)37-3)15(8-29-12)21(36)34-23-33-20-22(38-23)32-19(10-31-20)35-5-4-17(28-2)24(26,27)11-35/h6-10,17,28H,4-5,11H2,1-3H3,(H,31,33,34,36). The van der Waals surface area contributed by atoms with Crippen molar-refractivity contribution in [3.63, 3.8) is 0 Å². The van der Waals surface area contributed by atoms with Gasteiger partial charge in [0.15, 0.2) is 15.6 Å². The molecule has 1 atom stereocenters. The molecule has 198 valence electrons. The van der Waals surface area contributed by atoms with Gasteiger partial charge in [0.05, 0.1) is 37.7 Å². The molecule has 1 aliphatic rings. The number of carbonyl (C=O) groups is 1. The number of methoxy groups -OCH3 is 1. The van der Waals surface area contributed by atoms with Crippen LogP contribution in [0.2, 0.25) is 5.15 Å². The van der Waals surface area contributed by atoms with E-state index < -0.39 is 24.4 Å². The average molecular weight is 561 g/mol. The Morgan fingerprint density at radius 2 is 2.00 bits per heavy atom. The molecule has 5 heterocycles. The number of fused-ring (bicyclic) bond motifs is 1. The Morgan fingerprint density at radius 1 is 1.18 bits per heavy atom. The van der Waals surface area contributed by atoms with E-state index in [1.54, 1.807) is 19.1 Å². The van der Waals surface area contributed by atoms with Gasteiger partial charge in [-0.15, -0.1) is 0 Å². The van der Waals surface area contributed by atoms with Crippen LogP contribution >= 0.6 is 22.9 Å². The molecule has 1 saturated heterocycles. The van der Waals surface area contributed by atoms with Crippen molar-refractivity contribution in [2.45, 2.75) is 25.3 Å². The van der Waals surface area contributed by atoms with Crippen molar-refractivity contribution >= 4 is 50.3 Å². The Kier molecular flexibility index (Phi) is 7.07. The molecule has 2 N–H and O–H groups in total. The van der Waals surface area contributed by atoms with Gasteiger partial charge in [0.25, 0.3) is 11.8 Å². The Bertz CT molecular complexity index is 1520. The zero-order valence-electron chi connectivity index (χ0n) is 20.6. The molecule has 0 bridgehead atoms. The number of carbonyl (C=O) groups excluding carboxylic acids is 1. The third-order valence-corrected chi connectivity index (χ3v) is 7.29. The molecular formula is C24H23ClF2N8O2S. The van der Waals surface area contributed by atoms with Crippen molar-refractivity contribution in [3.8, 4) is 16.9 Å². The number of hydrogen-bond acceptors (Lipinski definition) is 10. The fourth-order valence-electron chi connectivity index (χ4n) is 4.33. The summed E-state index contributed by atoms with van der Waals surface area (Å²) in [6.45, 7) is 1.75. The number of alkyl halides is 2. The highest BCUT2D eigenvalue weighted by atomic mass is 35.5. The number of piperidine rings is 1. The maximum absolute atomic E-state index is 14.4. The van der Waals surface area contributed by atoms with Gasteiger partial charge in [0, 0.05) is 29.6 Å². The predicted octanol–water partition coefficient (Wildman–Crippen LogP) is 4.20. The summed E-state index contributed by atoms with van der Waals surface area (Å²) in [5.74, 6) is -2.59. The summed E-state index contributed by atoms with van der Waals surface area (Å²) < 4.78 is 34.3. The van der Waals surface area contributed by atoms with Gasteiger partial charge >= 0.3 is 0 Å². The lowest BCUT2D eigenvalue weighted by molar-refractivity contribution is -0.0404. The van der Waals surface area contributed by atoms with Crippen LogP contribution in [-0.2, 0) is 0 Å². The van der Waals surface area contributed by atoms with Gasteiger partial charge in [-0.3, -0.25) is 15.1 Å². The first-order valence-corrected chi connectivity index (χ1v) is 12.8. The Morgan fingerprint density at radius 3 is 2.74 bits per heavy atom. The second kappa shape index (κ2) is 10.3. The van der Waals surface area contributed by atoms with Crippen molar-refractivity contribution in [2.24, 2.45) is 0 Å². The molecule has 1 fully saturated rings. The molecule has 0 spiro atoms. The fourth-order valence-corrected chi connectivity index (χ4v) is 5.27. The Hall–Kier alpha value is -3.55. The monoisotopic (exact) mass is 560 g/mol. The van der Waals surface area contributed by atoms with Crippen LogP contribution in [0.1, 0.15) is 22.5 Å². The van der Waals surface area contributed by atoms with Gasteiger partial charge in [-0.1, -0.05) is 22.9 Å². The minimum atomic E-state index is -2.90. The third kappa shape index (κ3) is 5.08. The zero-order chi connectivity index (χ0) is 27.0. The lowest BCUT2D eigenvalue weighted by Crippen LogP contribution is -2.56. The number of hydrogen-bond donors (Lipinski definition) is 2. The van der Waals surface area contributed by atoms with Crippen LogP contribution in [0.4, 0.5) is 19.7 Å². The van der Waals surface area contributed by atoms with Crippen molar-refractivity contribution in [3.05, 3.63) is 47.1 Å². The van der Waals surface area contributed by atoms with E-state index in [4.69, 9.17) is 16.3 Å². The van der Waals surface area contributed by atoms with Gasteiger partial charge in [-0.25, -0.2) is 23.7 Å². The lowest BCUT2D eigenvalue weighted by atomic mass is 10.0. The van der Waals surface area contributed by atoms with Crippen LogP contribution in [0.15, 0.2) is 30.7 Å². The number of ether oxygens (including phenoxy) is 1. The highest BCUT2D eigenvalue weighted by Crippen LogP contribution is 2.35. The summed E-state index contributed by atoms with van der Waals surface area (Å²) in [5.41, 5.74) is 2.40. The topological polar surface area (TPSA) is 118 Å². The molecular weight excluding hydrogens is 538 g/mol. The molecule has 1 amide bonds. The van der Waals surface area contributed by atoms with E-state index in [1.165, 1.54) is 37.6 Å².